The van der Waals surface area contributed by atoms with Crippen molar-refractivity contribution >= 4 is 11.7 Å². The Morgan fingerprint density at radius 3 is 2.64 bits per heavy atom. The van der Waals surface area contributed by atoms with E-state index in [-0.39, 0.29) is 11.5 Å². The van der Waals surface area contributed by atoms with E-state index in [1.807, 2.05) is 6.07 Å². The molecule has 132 valence electrons. The maximum absolute atomic E-state index is 12.6. The van der Waals surface area contributed by atoms with Gasteiger partial charge in [-0.3, -0.25) is 14.6 Å². The maximum atomic E-state index is 12.6. The number of methoxy groups -OCH3 is 1. The molecule has 3 rings (SSSR count). The highest BCUT2D eigenvalue weighted by atomic mass is 16.5. The van der Waals surface area contributed by atoms with Crippen LogP contribution < -0.4 is 20.9 Å². The fraction of sp³-hybridized carbons (Fsp3) is 0.375. The number of carbonyl (C=O) groups is 1. The molecule has 0 spiro atoms. The van der Waals surface area contributed by atoms with Gasteiger partial charge in [0.2, 0.25) is 0 Å². The lowest BCUT2D eigenvalue weighted by Crippen LogP contribution is -2.50. The highest BCUT2D eigenvalue weighted by Crippen LogP contribution is 2.19. The van der Waals surface area contributed by atoms with E-state index >= 15 is 0 Å². The summed E-state index contributed by atoms with van der Waals surface area (Å²) in [5, 5.41) is 0. The molecule has 3 heterocycles. The molecular weight excluding hydrogens is 326 g/mol. The molecule has 1 aliphatic heterocycles. The number of anilines is 1. The number of nitrogens with one attached hydrogen (secondary N) is 1. The van der Waals surface area contributed by atoms with E-state index in [0.717, 1.165) is 11.6 Å². The molecule has 0 bridgehead atoms. The van der Waals surface area contributed by atoms with Crippen LogP contribution in [0.2, 0.25) is 0 Å². The zero-order valence-corrected chi connectivity index (χ0v) is 14.1. The van der Waals surface area contributed by atoms with E-state index in [4.69, 9.17) is 4.74 Å². The highest BCUT2D eigenvalue weighted by molar-refractivity contribution is 5.93. The lowest BCUT2D eigenvalue weighted by atomic mass is 10.2. The number of ether oxygens (including phenoxy) is 1. The second kappa shape index (κ2) is 6.80. The Morgan fingerprint density at radius 1 is 1.24 bits per heavy atom. The minimum Gasteiger partial charge on any atom is -0.497 e. The van der Waals surface area contributed by atoms with Gasteiger partial charge in [0, 0.05) is 51.7 Å². The van der Waals surface area contributed by atoms with Gasteiger partial charge in [-0.1, -0.05) is 0 Å². The van der Waals surface area contributed by atoms with Crippen LogP contribution >= 0.6 is 0 Å². The van der Waals surface area contributed by atoms with Crippen LogP contribution in [0.25, 0.3) is 0 Å². The van der Waals surface area contributed by atoms with Crippen LogP contribution in [0.15, 0.2) is 34.1 Å². The molecule has 1 saturated heterocycles. The Kier molecular flexibility index (Phi) is 4.55. The number of carbonyl (C=O) groups excluding carboxylic acids is 1. The highest BCUT2D eigenvalue weighted by Gasteiger charge is 2.25. The summed E-state index contributed by atoms with van der Waals surface area (Å²) in [4.78, 5) is 46.0. The second-order valence-corrected chi connectivity index (χ2v) is 5.75. The molecule has 9 heteroatoms. The lowest BCUT2D eigenvalue weighted by molar-refractivity contribution is 0.0743. The molecule has 0 atom stereocenters. The topological polar surface area (TPSA) is 101 Å². The van der Waals surface area contributed by atoms with Crippen molar-refractivity contribution < 1.29 is 9.53 Å². The molecule has 1 N–H and O–H groups in total. The van der Waals surface area contributed by atoms with Crippen molar-refractivity contribution in [1.82, 2.24) is 19.4 Å². The average molecular weight is 345 g/mol. The fourth-order valence-corrected chi connectivity index (χ4v) is 2.72. The third-order valence-electron chi connectivity index (χ3n) is 4.18. The van der Waals surface area contributed by atoms with Gasteiger partial charge in [0.05, 0.1) is 7.11 Å². The zero-order valence-electron chi connectivity index (χ0n) is 14.1. The Bertz CT molecular complexity index is 896. The number of aromatic nitrogens is 3. The normalized spacial score (nSPS) is 14.5. The molecule has 1 amide bonds. The number of H-pyrrole nitrogens is 1. The number of rotatable bonds is 3. The first-order valence-electron chi connectivity index (χ1n) is 7.84. The van der Waals surface area contributed by atoms with Crippen LogP contribution in [-0.2, 0) is 7.05 Å². The third kappa shape index (κ3) is 3.39. The van der Waals surface area contributed by atoms with Gasteiger partial charge >= 0.3 is 5.69 Å². The van der Waals surface area contributed by atoms with Gasteiger partial charge in [0.15, 0.2) is 0 Å². The van der Waals surface area contributed by atoms with Crippen LogP contribution in [0.1, 0.15) is 10.4 Å². The van der Waals surface area contributed by atoms with Crippen LogP contribution in [0.3, 0.4) is 0 Å². The molecule has 0 aromatic carbocycles. The Hall–Kier alpha value is -3.10. The minimum absolute atomic E-state index is 0.0324. The van der Waals surface area contributed by atoms with Crippen molar-refractivity contribution in [3.05, 3.63) is 50.9 Å². The zero-order chi connectivity index (χ0) is 18.0. The largest absolute Gasteiger partial charge is 0.497 e. The van der Waals surface area contributed by atoms with E-state index in [9.17, 15) is 14.4 Å². The van der Waals surface area contributed by atoms with Crippen LogP contribution in [-0.4, -0.2) is 58.6 Å². The first-order valence-corrected chi connectivity index (χ1v) is 7.84. The summed E-state index contributed by atoms with van der Waals surface area (Å²) in [6, 6.07) is 3.62. The monoisotopic (exact) mass is 345 g/mol. The number of aromatic amines is 1. The lowest BCUT2D eigenvalue weighted by Gasteiger charge is -2.35. The molecule has 0 unspecified atom stereocenters. The van der Waals surface area contributed by atoms with Gasteiger partial charge in [-0.2, -0.15) is 0 Å². The summed E-state index contributed by atoms with van der Waals surface area (Å²) < 4.78 is 6.39. The molecule has 2 aromatic rings. The number of hydrogen-bond donors (Lipinski definition) is 1. The van der Waals surface area contributed by atoms with Gasteiger partial charge in [0.25, 0.3) is 11.5 Å². The minimum atomic E-state index is -0.662. The maximum Gasteiger partial charge on any atom is 0.328 e. The molecule has 0 radical (unpaired) electrons. The average Bonchev–Trinajstić information content (AvgIpc) is 2.64. The predicted molar refractivity (Wildman–Crippen MR) is 91.2 cm³/mol. The second-order valence-electron chi connectivity index (χ2n) is 5.75. The van der Waals surface area contributed by atoms with Gasteiger partial charge in [-0.05, 0) is 6.07 Å². The molecular formula is C16H19N5O4. The first kappa shape index (κ1) is 16.7. The van der Waals surface area contributed by atoms with E-state index in [1.165, 1.54) is 17.8 Å². The standard InChI is InChI=1S/C16H19N5O4/c1-19-10-12(14(22)18-16(19)24)15(23)21-7-5-20(6-8-21)13-9-11(25-2)3-4-17-13/h3-4,9-10H,5-8H2,1-2H3,(H,18,22,24). The van der Waals surface area contributed by atoms with Gasteiger partial charge in [-0.25, -0.2) is 9.78 Å². The summed E-state index contributed by atoms with van der Waals surface area (Å²) in [6.07, 6.45) is 2.95. The summed E-state index contributed by atoms with van der Waals surface area (Å²) in [5.74, 6) is 1.13. The van der Waals surface area contributed by atoms with Crippen molar-refractivity contribution in [3.63, 3.8) is 0 Å². The fourth-order valence-electron chi connectivity index (χ4n) is 2.72. The molecule has 2 aromatic heterocycles. The van der Waals surface area contributed by atoms with Crippen LogP contribution in [0.5, 0.6) is 5.75 Å². The molecule has 1 fully saturated rings. The van der Waals surface area contributed by atoms with Crippen molar-refractivity contribution in [3.8, 4) is 5.75 Å². The number of nitrogens with zero attached hydrogens (tertiary/aromatic N) is 4. The number of aryl methyl sites for hydroxylation is 1. The van der Waals surface area contributed by atoms with Crippen LogP contribution in [0.4, 0.5) is 5.82 Å². The molecule has 0 aliphatic carbocycles. The number of hydrogen-bond acceptors (Lipinski definition) is 6. The summed E-state index contributed by atoms with van der Waals surface area (Å²) in [5.41, 5.74) is -1.24. The van der Waals surface area contributed by atoms with E-state index in [0.29, 0.717) is 26.2 Å². The Labute approximate surface area is 143 Å². The predicted octanol–water partition coefficient (Wildman–Crippen LogP) is -0.560. The SMILES string of the molecule is COc1ccnc(N2CCN(C(=O)c3cn(C)c(=O)[nH]c3=O)CC2)c1. The molecule has 1 aliphatic rings. The molecule has 25 heavy (non-hydrogen) atoms. The third-order valence-corrected chi connectivity index (χ3v) is 4.18. The summed E-state index contributed by atoms with van der Waals surface area (Å²) in [7, 11) is 3.09. The summed E-state index contributed by atoms with van der Waals surface area (Å²) in [6.45, 7) is 2.10. The van der Waals surface area contributed by atoms with E-state index in [1.54, 1.807) is 24.3 Å². The van der Waals surface area contributed by atoms with Gasteiger partial charge in [0.1, 0.15) is 17.1 Å². The van der Waals surface area contributed by atoms with Gasteiger partial charge < -0.3 is 19.1 Å². The Balaban J connectivity index is 1.72. The van der Waals surface area contributed by atoms with Crippen molar-refractivity contribution in [2.45, 2.75) is 0 Å². The Morgan fingerprint density at radius 2 is 1.96 bits per heavy atom. The van der Waals surface area contributed by atoms with E-state index in [2.05, 4.69) is 14.9 Å². The molecule has 9 nitrogen and oxygen atoms in total. The van der Waals surface area contributed by atoms with Crippen molar-refractivity contribution in [2.75, 3.05) is 38.2 Å². The van der Waals surface area contributed by atoms with Gasteiger partial charge in [-0.15, -0.1) is 0 Å². The van der Waals surface area contributed by atoms with Crippen LogP contribution in [0, 0.1) is 0 Å². The number of pyridine rings is 1. The van der Waals surface area contributed by atoms with E-state index < -0.39 is 11.2 Å². The van der Waals surface area contributed by atoms with Crippen molar-refractivity contribution in [2.24, 2.45) is 7.05 Å². The summed E-state index contributed by atoms with van der Waals surface area (Å²) >= 11 is 0. The smallest absolute Gasteiger partial charge is 0.328 e. The van der Waals surface area contributed by atoms with Crippen molar-refractivity contribution in [1.29, 1.82) is 0 Å². The number of amides is 1. The quantitative estimate of drug-likeness (QED) is 0.800. The first-order chi connectivity index (χ1) is 12.0. The number of piperazine rings is 1. The molecule has 0 saturated carbocycles.